The molecule has 4 N–H and O–H groups in total. The Bertz CT molecular complexity index is 849. The second kappa shape index (κ2) is 6.84. The van der Waals surface area contributed by atoms with Crippen molar-refractivity contribution >= 4 is 39.3 Å². The minimum atomic E-state index is -1.00. The molecule has 0 radical (unpaired) electrons. The fraction of sp³-hybridized carbons (Fsp3) is 0.286. The fourth-order valence-electron chi connectivity index (χ4n) is 2.37. The number of fused-ring (bicyclic) bond motifs is 1. The summed E-state index contributed by atoms with van der Waals surface area (Å²) in [7, 11) is 2.91. The van der Waals surface area contributed by atoms with Crippen LogP contribution < -0.4 is 21.6 Å². The van der Waals surface area contributed by atoms with Gasteiger partial charge in [-0.2, -0.15) is 0 Å². The summed E-state index contributed by atoms with van der Waals surface area (Å²) in [6.07, 6.45) is 0. The number of rotatable bonds is 4. The zero-order valence-corrected chi connectivity index (χ0v) is 14.5. The lowest BCUT2D eigenvalue weighted by Crippen LogP contribution is -2.48. The monoisotopic (exact) mass is 383 g/mol. The molecule has 11 heteroatoms. The van der Waals surface area contributed by atoms with Crippen LogP contribution in [0.25, 0.3) is 0 Å². The largest absolute Gasteiger partial charge is 0.507 e. The van der Waals surface area contributed by atoms with E-state index in [-0.39, 0.29) is 16.9 Å². The van der Waals surface area contributed by atoms with Gasteiger partial charge in [-0.3, -0.25) is 14.4 Å². The maximum absolute atomic E-state index is 12.0. The first-order valence-corrected chi connectivity index (χ1v) is 9.39. The van der Waals surface area contributed by atoms with Crippen LogP contribution in [0.4, 0.5) is 0 Å². The average Bonchev–Trinajstić information content (AvgIpc) is 3.07. The molecule has 2 unspecified atom stereocenters. The van der Waals surface area contributed by atoms with E-state index in [1.54, 1.807) is 5.41 Å². The summed E-state index contributed by atoms with van der Waals surface area (Å²) in [6.45, 7) is 0.990. The smallest absolute Gasteiger partial charge is 0.352 e. The number of amides is 3. The predicted molar refractivity (Wildman–Crippen MR) is 90.8 cm³/mol. The summed E-state index contributed by atoms with van der Waals surface area (Å²) in [4.78, 5) is 47.4. The summed E-state index contributed by atoms with van der Waals surface area (Å²) in [5.74, 6) is -2.23. The lowest BCUT2D eigenvalue weighted by Gasteiger charge is -2.15. The predicted octanol–water partition coefficient (Wildman–Crippen LogP) is -0.397. The molecule has 1 aromatic heterocycles. The van der Waals surface area contributed by atoms with Crippen LogP contribution in [0.15, 0.2) is 26.4 Å². The van der Waals surface area contributed by atoms with Crippen LogP contribution >= 0.6 is 21.6 Å². The fourth-order valence-corrected chi connectivity index (χ4v) is 4.96. The number of hydrogen-bond acceptors (Lipinski definition) is 8. The highest BCUT2D eigenvalue weighted by Gasteiger charge is 2.42. The highest BCUT2D eigenvalue weighted by atomic mass is 33.1. The zero-order chi connectivity index (χ0) is 18.1. The molecule has 0 saturated carbocycles. The van der Waals surface area contributed by atoms with Crippen molar-refractivity contribution in [1.82, 2.24) is 16.0 Å². The molecule has 2 aliphatic heterocycles. The molecule has 1 saturated heterocycles. The summed E-state index contributed by atoms with van der Waals surface area (Å²) < 4.78 is 4.74. The van der Waals surface area contributed by atoms with E-state index in [0.29, 0.717) is 0 Å². The first-order valence-electron chi connectivity index (χ1n) is 7.11. The van der Waals surface area contributed by atoms with Gasteiger partial charge in [0.25, 0.3) is 5.91 Å². The molecule has 0 aliphatic carbocycles. The molecular weight excluding hydrogens is 370 g/mol. The van der Waals surface area contributed by atoms with Crippen molar-refractivity contribution in [2.24, 2.45) is 0 Å². The summed E-state index contributed by atoms with van der Waals surface area (Å²) in [6, 6.07) is 0.399. The van der Waals surface area contributed by atoms with Crippen molar-refractivity contribution < 1.29 is 23.9 Å². The maximum Gasteiger partial charge on any atom is 0.352 e. The normalized spacial score (nSPS) is 21.3. The van der Waals surface area contributed by atoms with Gasteiger partial charge < -0.3 is 25.5 Å². The minimum Gasteiger partial charge on any atom is -0.507 e. The van der Waals surface area contributed by atoms with Crippen LogP contribution in [-0.4, -0.2) is 40.7 Å². The molecule has 3 amide bonds. The van der Waals surface area contributed by atoms with Gasteiger partial charge >= 0.3 is 5.63 Å². The Hall–Kier alpha value is -2.40. The summed E-state index contributed by atoms with van der Waals surface area (Å²) in [5.41, 5.74) is -0.832. The Labute approximate surface area is 149 Å². The molecule has 0 aromatic carbocycles. The third-order valence-electron chi connectivity index (χ3n) is 3.50. The quantitative estimate of drug-likeness (QED) is 0.516. The van der Waals surface area contributed by atoms with Gasteiger partial charge in [0, 0.05) is 17.2 Å². The van der Waals surface area contributed by atoms with Crippen molar-refractivity contribution in [3.63, 3.8) is 0 Å². The lowest BCUT2D eigenvalue weighted by molar-refractivity contribution is -0.126. The van der Waals surface area contributed by atoms with Crippen LogP contribution in [0, 0.1) is 6.92 Å². The van der Waals surface area contributed by atoms with Crippen LogP contribution in [0.5, 0.6) is 5.75 Å². The lowest BCUT2D eigenvalue weighted by atomic mass is 10.2. The third kappa shape index (κ3) is 3.51. The number of nitrogens with one attached hydrogen (secondary N) is 3. The Morgan fingerprint density at radius 2 is 2.16 bits per heavy atom. The van der Waals surface area contributed by atoms with Gasteiger partial charge in [-0.05, 0) is 6.92 Å². The number of aryl methyl sites for hydroxylation is 1. The van der Waals surface area contributed by atoms with E-state index in [4.69, 9.17) is 4.42 Å². The first kappa shape index (κ1) is 17.4. The first-order chi connectivity index (χ1) is 11.9. The van der Waals surface area contributed by atoms with E-state index in [9.17, 15) is 24.3 Å². The van der Waals surface area contributed by atoms with E-state index in [1.807, 2.05) is 0 Å². The van der Waals surface area contributed by atoms with Crippen molar-refractivity contribution in [2.75, 3.05) is 6.54 Å². The van der Waals surface area contributed by atoms with E-state index >= 15 is 0 Å². The highest BCUT2D eigenvalue weighted by molar-refractivity contribution is 8.78. The molecule has 1 fully saturated rings. The number of carbonyl (C=O) groups is 3. The Kier molecular flexibility index (Phi) is 4.77. The molecule has 25 heavy (non-hydrogen) atoms. The van der Waals surface area contributed by atoms with Crippen molar-refractivity contribution in [2.45, 2.75) is 18.2 Å². The summed E-state index contributed by atoms with van der Waals surface area (Å²) >= 11 is 0. The van der Waals surface area contributed by atoms with E-state index < -0.39 is 41.3 Å². The molecule has 9 nitrogen and oxygen atoms in total. The standard InChI is InChI=1S/C14H13N3O6S2/c1-5-2-7(18)9(14(22)23-5)12(20)15-3-8(19)17-10-11-6(4-24-25-11)16-13(10)21/h2,4,10-11,18H,3H2,1H3,(H,15,20)(H,16,21)(H,17,19). The molecule has 1 aromatic rings. The molecular formula is C14H13N3O6S2. The number of carbonyl (C=O) groups excluding carboxylic acids is 3. The van der Waals surface area contributed by atoms with Crippen LogP contribution in [0.2, 0.25) is 0 Å². The maximum atomic E-state index is 12.0. The van der Waals surface area contributed by atoms with Crippen LogP contribution in [-0.2, 0) is 9.59 Å². The van der Waals surface area contributed by atoms with Gasteiger partial charge in [0.1, 0.15) is 17.6 Å². The summed E-state index contributed by atoms with van der Waals surface area (Å²) in [5, 5.41) is 18.7. The second-order valence-electron chi connectivity index (χ2n) is 5.31. The molecule has 2 atom stereocenters. The van der Waals surface area contributed by atoms with Gasteiger partial charge in [-0.15, -0.1) is 0 Å². The topological polar surface area (TPSA) is 138 Å². The Morgan fingerprint density at radius 1 is 1.40 bits per heavy atom. The third-order valence-corrected chi connectivity index (χ3v) is 5.94. The Balaban J connectivity index is 1.60. The van der Waals surface area contributed by atoms with E-state index in [1.165, 1.54) is 28.5 Å². The average molecular weight is 383 g/mol. The SMILES string of the molecule is Cc1cc(O)c(C(=O)NCC(=O)NC2C(=O)NC3=CSSC32)c(=O)o1. The van der Waals surface area contributed by atoms with E-state index in [2.05, 4.69) is 16.0 Å². The number of aromatic hydroxyl groups is 1. The number of hydrogen-bond donors (Lipinski definition) is 4. The van der Waals surface area contributed by atoms with E-state index in [0.717, 1.165) is 11.8 Å². The zero-order valence-electron chi connectivity index (χ0n) is 12.8. The molecule has 0 bridgehead atoms. The molecule has 132 valence electrons. The van der Waals surface area contributed by atoms with Gasteiger partial charge in [0.2, 0.25) is 11.8 Å². The van der Waals surface area contributed by atoms with Crippen molar-refractivity contribution in [3.05, 3.63) is 38.9 Å². The minimum absolute atomic E-state index is 0.153. The second-order valence-corrected chi connectivity index (χ2v) is 7.59. The highest BCUT2D eigenvalue weighted by Crippen LogP contribution is 2.43. The molecule has 3 heterocycles. The molecule has 2 aliphatic rings. The van der Waals surface area contributed by atoms with Gasteiger partial charge in [0.15, 0.2) is 5.56 Å². The molecule has 3 rings (SSSR count). The van der Waals surface area contributed by atoms with Gasteiger partial charge in [-0.25, -0.2) is 4.79 Å². The van der Waals surface area contributed by atoms with Crippen LogP contribution in [0.3, 0.4) is 0 Å². The Morgan fingerprint density at radius 3 is 2.88 bits per heavy atom. The molecule has 0 spiro atoms. The van der Waals surface area contributed by atoms with Crippen molar-refractivity contribution in [3.8, 4) is 5.75 Å². The van der Waals surface area contributed by atoms with Crippen LogP contribution in [0.1, 0.15) is 16.1 Å². The van der Waals surface area contributed by atoms with Crippen molar-refractivity contribution in [1.29, 1.82) is 0 Å². The van der Waals surface area contributed by atoms with Gasteiger partial charge in [0.05, 0.1) is 11.8 Å². The van der Waals surface area contributed by atoms with Gasteiger partial charge in [-0.1, -0.05) is 21.6 Å².